The summed E-state index contributed by atoms with van der Waals surface area (Å²) in [7, 11) is 2.36. The van der Waals surface area contributed by atoms with Crippen LogP contribution in [0.3, 0.4) is 0 Å². The molecule has 1 aromatic heterocycles. The normalized spacial score (nSPS) is 12.7. The predicted octanol–water partition coefficient (Wildman–Crippen LogP) is 1.17. The number of ether oxygens (including phenoxy) is 2. The number of methoxy groups -OCH3 is 2. The lowest BCUT2D eigenvalue weighted by atomic mass is 10.1. The van der Waals surface area contributed by atoms with Crippen LogP contribution in [0.2, 0.25) is 0 Å². The molecule has 0 saturated carbocycles. The smallest absolute Gasteiger partial charge is 0.341 e. The first kappa shape index (κ1) is 18.3. The van der Waals surface area contributed by atoms with Crippen molar-refractivity contribution in [3.05, 3.63) is 46.4 Å². The minimum absolute atomic E-state index is 0.0142. The van der Waals surface area contributed by atoms with Gasteiger partial charge in [0.1, 0.15) is 11.4 Å². The summed E-state index contributed by atoms with van der Waals surface area (Å²) in [4.78, 5) is 40.2. The third kappa shape index (κ3) is 5.21. The number of carbonyl (C=O) groups is 2. The lowest BCUT2D eigenvalue weighted by Crippen LogP contribution is -2.33. The van der Waals surface area contributed by atoms with Gasteiger partial charge in [-0.05, 0) is 26.8 Å². The zero-order valence-corrected chi connectivity index (χ0v) is 13.8. The molecule has 1 aromatic rings. The van der Waals surface area contributed by atoms with Crippen molar-refractivity contribution in [2.45, 2.75) is 26.3 Å². The van der Waals surface area contributed by atoms with E-state index in [9.17, 15) is 14.4 Å². The summed E-state index contributed by atoms with van der Waals surface area (Å²) < 4.78 is 10.4. The van der Waals surface area contributed by atoms with Crippen LogP contribution in [0.1, 0.15) is 20.8 Å². The third-order valence-corrected chi connectivity index (χ3v) is 2.60. The van der Waals surface area contributed by atoms with Gasteiger partial charge in [0, 0.05) is 18.3 Å². The highest BCUT2D eigenvalue weighted by Crippen LogP contribution is 2.12. The lowest BCUT2D eigenvalue weighted by molar-refractivity contribution is -0.138. The van der Waals surface area contributed by atoms with E-state index >= 15 is 0 Å². The highest BCUT2D eigenvalue weighted by molar-refractivity contribution is 6.22. The topological polar surface area (TPSA) is 87.0 Å². The zero-order valence-electron chi connectivity index (χ0n) is 13.8. The van der Waals surface area contributed by atoms with Crippen molar-refractivity contribution in [3.63, 3.8) is 0 Å². The van der Waals surface area contributed by atoms with Crippen molar-refractivity contribution in [2.75, 3.05) is 14.2 Å². The molecule has 0 amide bonds. The highest BCUT2D eigenvalue weighted by atomic mass is 16.5. The Bertz CT molecular complexity index is 708. The van der Waals surface area contributed by atoms with Gasteiger partial charge in [0.05, 0.1) is 19.8 Å². The van der Waals surface area contributed by atoms with Crippen molar-refractivity contribution in [2.24, 2.45) is 4.99 Å². The highest BCUT2D eigenvalue weighted by Gasteiger charge is 2.23. The van der Waals surface area contributed by atoms with Gasteiger partial charge in [0.2, 0.25) is 0 Å². The molecule has 0 aliphatic heterocycles. The van der Waals surface area contributed by atoms with E-state index < -0.39 is 23.0 Å². The lowest BCUT2D eigenvalue weighted by Gasteiger charge is -2.18. The van der Waals surface area contributed by atoms with Crippen molar-refractivity contribution in [3.8, 4) is 0 Å². The van der Waals surface area contributed by atoms with Gasteiger partial charge in [-0.25, -0.2) is 9.59 Å². The maximum atomic E-state index is 12.1. The summed E-state index contributed by atoms with van der Waals surface area (Å²) in [5.74, 6) is -1.54. The van der Waals surface area contributed by atoms with Gasteiger partial charge in [-0.15, -0.1) is 0 Å². The molecule has 0 radical (unpaired) electrons. The van der Waals surface area contributed by atoms with E-state index in [-0.39, 0.29) is 11.4 Å². The standard InChI is InChI=1S/C16H20N2O5/c1-16(2,3)17-14(18-9-7-6-8-12(18)19)11(15(21)23-5)10-13(20)22-4/h6-10H,1-5H3/b11-10+,17-14?. The predicted molar refractivity (Wildman–Crippen MR) is 85.4 cm³/mol. The number of nitrogens with zero attached hydrogens (tertiary/aromatic N) is 2. The van der Waals surface area contributed by atoms with Gasteiger partial charge in [0.15, 0.2) is 0 Å². The van der Waals surface area contributed by atoms with Crippen LogP contribution in [0.4, 0.5) is 0 Å². The van der Waals surface area contributed by atoms with Crippen molar-refractivity contribution in [1.82, 2.24) is 4.57 Å². The van der Waals surface area contributed by atoms with E-state index in [0.29, 0.717) is 0 Å². The van der Waals surface area contributed by atoms with Crippen LogP contribution < -0.4 is 5.56 Å². The number of hydrogen-bond acceptors (Lipinski definition) is 6. The minimum Gasteiger partial charge on any atom is -0.466 e. The maximum Gasteiger partial charge on any atom is 0.341 e. The fraction of sp³-hybridized carbons (Fsp3) is 0.375. The largest absolute Gasteiger partial charge is 0.466 e. The van der Waals surface area contributed by atoms with Gasteiger partial charge in [-0.1, -0.05) is 6.07 Å². The molecule has 1 heterocycles. The third-order valence-electron chi connectivity index (χ3n) is 2.60. The van der Waals surface area contributed by atoms with Crippen LogP contribution in [0.25, 0.3) is 0 Å². The first-order valence-electron chi connectivity index (χ1n) is 6.86. The number of pyridine rings is 1. The van der Waals surface area contributed by atoms with Gasteiger partial charge in [-0.2, -0.15) is 0 Å². The van der Waals surface area contributed by atoms with E-state index in [1.165, 1.54) is 31.0 Å². The summed E-state index contributed by atoms with van der Waals surface area (Å²) in [6, 6.07) is 4.51. The van der Waals surface area contributed by atoms with E-state index in [4.69, 9.17) is 4.74 Å². The molecule has 23 heavy (non-hydrogen) atoms. The number of esters is 2. The fourth-order valence-corrected chi connectivity index (χ4v) is 1.67. The molecule has 0 fully saturated rings. The summed E-state index contributed by atoms with van der Waals surface area (Å²) in [5, 5.41) is 0. The second-order valence-corrected chi connectivity index (χ2v) is 5.59. The number of aromatic nitrogens is 1. The molecule has 0 aliphatic carbocycles. The Morgan fingerprint density at radius 2 is 1.83 bits per heavy atom. The first-order valence-corrected chi connectivity index (χ1v) is 6.86. The molecule has 0 aromatic carbocycles. The van der Waals surface area contributed by atoms with Gasteiger partial charge < -0.3 is 9.47 Å². The summed E-state index contributed by atoms with van der Waals surface area (Å²) in [6.07, 6.45) is 2.41. The Morgan fingerprint density at radius 1 is 1.17 bits per heavy atom. The molecule has 7 nitrogen and oxygen atoms in total. The molecule has 0 bridgehead atoms. The van der Waals surface area contributed by atoms with E-state index in [1.54, 1.807) is 32.9 Å². The van der Waals surface area contributed by atoms with E-state index in [0.717, 1.165) is 6.08 Å². The Kier molecular flexibility index (Phi) is 6.01. The number of rotatable bonds is 3. The average molecular weight is 320 g/mol. The van der Waals surface area contributed by atoms with E-state index in [2.05, 4.69) is 9.73 Å². The quantitative estimate of drug-likeness (QED) is 0.361. The summed E-state index contributed by atoms with van der Waals surface area (Å²) in [6.45, 7) is 5.40. The number of aliphatic imine (C=N–C) groups is 1. The molecule has 0 atom stereocenters. The fourth-order valence-electron chi connectivity index (χ4n) is 1.67. The Labute approximate surface area is 134 Å². The number of carbonyl (C=O) groups excluding carboxylic acids is 2. The van der Waals surface area contributed by atoms with Gasteiger partial charge >= 0.3 is 11.9 Å². The van der Waals surface area contributed by atoms with Crippen LogP contribution in [-0.4, -0.2) is 42.1 Å². The van der Waals surface area contributed by atoms with Crippen LogP contribution in [0, 0.1) is 0 Å². The molecule has 0 aliphatic rings. The Hall–Kier alpha value is -2.70. The van der Waals surface area contributed by atoms with Gasteiger partial charge in [-0.3, -0.25) is 14.4 Å². The maximum absolute atomic E-state index is 12.1. The first-order chi connectivity index (χ1) is 10.7. The molecule has 7 heteroatoms. The van der Waals surface area contributed by atoms with E-state index in [1.807, 2.05) is 0 Å². The molecule has 0 unspecified atom stereocenters. The molecular formula is C16H20N2O5. The summed E-state index contributed by atoms with van der Waals surface area (Å²) in [5.41, 5.74) is -1.16. The Balaban J connectivity index is 3.67. The monoisotopic (exact) mass is 320 g/mol. The van der Waals surface area contributed by atoms with Crippen LogP contribution >= 0.6 is 0 Å². The molecule has 0 N–H and O–H groups in total. The van der Waals surface area contributed by atoms with Crippen molar-refractivity contribution >= 4 is 17.8 Å². The second-order valence-electron chi connectivity index (χ2n) is 5.59. The zero-order chi connectivity index (χ0) is 17.6. The minimum atomic E-state index is -0.797. The molecule has 1 rings (SSSR count). The SMILES string of the molecule is COC(=O)/C=C(/C(=O)OC)C(=NC(C)(C)C)n1ccccc1=O. The number of hydrogen-bond donors (Lipinski definition) is 0. The van der Waals surface area contributed by atoms with Crippen LogP contribution in [0.5, 0.6) is 0 Å². The molecular weight excluding hydrogens is 300 g/mol. The van der Waals surface area contributed by atoms with Crippen molar-refractivity contribution in [1.29, 1.82) is 0 Å². The Morgan fingerprint density at radius 3 is 2.30 bits per heavy atom. The molecule has 124 valence electrons. The van der Waals surface area contributed by atoms with Gasteiger partial charge in [0.25, 0.3) is 5.56 Å². The summed E-state index contributed by atoms with van der Waals surface area (Å²) >= 11 is 0. The van der Waals surface area contributed by atoms with Crippen molar-refractivity contribution < 1.29 is 19.1 Å². The average Bonchev–Trinajstić information content (AvgIpc) is 2.49. The molecule has 0 spiro atoms. The second kappa shape index (κ2) is 7.53. The molecule has 0 saturated heterocycles. The van der Waals surface area contributed by atoms with Crippen LogP contribution in [-0.2, 0) is 19.1 Å². The van der Waals surface area contributed by atoms with Crippen LogP contribution in [0.15, 0.2) is 45.8 Å².